The Morgan fingerprint density at radius 1 is 1.45 bits per heavy atom. The Balaban J connectivity index is 2.53. The van der Waals surface area contributed by atoms with E-state index in [4.69, 9.17) is 11.6 Å². The van der Waals surface area contributed by atoms with Crippen LogP contribution in [-0.4, -0.2) is 42.0 Å². The number of likely N-dealkylation sites (N-methyl/N-ethyl adjacent to an activating group) is 1. The number of nitrogens with zero attached hydrogens (tertiary/aromatic N) is 2. The van der Waals surface area contributed by atoms with Gasteiger partial charge in [0.2, 0.25) is 0 Å². The molecule has 1 amide bonds. The molecule has 5 heteroatoms. The molecule has 0 aliphatic carbocycles. The summed E-state index contributed by atoms with van der Waals surface area (Å²) in [5, 5.41) is 3.29. The van der Waals surface area contributed by atoms with Crippen LogP contribution in [0.15, 0.2) is 12.1 Å². The van der Waals surface area contributed by atoms with E-state index in [0.717, 1.165) is 25.1 Å². The van der Waals surface area contributed by atoms with Crippen molar-refractivity contribution in [3.8, 4) is 0 Å². The van der Waals surface area contributed by atoms with Crippen LogP contribution in [0.1, 0.15) is 43.2 Å². The van der Waals surface area contributed by atoms with Crippen molar-refractivity contribution >= 4 is 17.5 Å². The van der Waals surface area contributed by atoms with Crippen LogP contribution in [0.4, 0.5) is 0 Å². The van der Waals surface area contributed by atoms with Crippen molar-refractivity contribution in [1.29, 1.82) is 0 Å². The molecule has 1 aromatic rings. The Kier molecular flexibility index (Phi) is 6.96. The van der Waals surface area contributed by atoms with Crippen molar-refractivity contribution < 1.29 is 4.79 Å². The fourth-order valence-corrected chi connectivity index (χ4v) is 2.07. The number of carbonyl (C=O) groups is 1. The SMILES string of the molecule is CCc1cc(C(=O)NCCN(C)C(C)CC)cc(Cl)n1. The molecule has 1 atom stereocenters. The molecule has 1 heterocycles. The number of hydrogen-bond donors (Lipinski definition) is 1. The second-order valence-electron chi connectivity index (χ2n) is 5.02. The van der Waals surface area contributed by atoms with Crippen molar-refractivity contribution in [2.45, 2.75) is 39.7 Å². The maximum Gasteiger partial charge on any atom is 0.251 e. The standard InChI is InChI=1S/C15H24ClN3O/c1-5-11(3)19(4)8-7-17-15(20)12-9-13(6-2)18-14(16)10-12/h9-11H,5-8H2,1-4H3,(H,17,20). The third-order valence-electron chi connectivity index (χ3n) is 3.56. The Bertz CT molecular complexity index is 451. The van der Waals surface area contributed by atoms with Crippen LogP contribution in [0.2, 0.25) is 5.15 Å². The van der Waals surface area contributed by atoms with Crippen molar-refractivity contribution in [3.05, 3.63) is 28.5 Å². The van der Waals surface area contributed by atoms with E-state index in [9.17, 15) is 4.79 Å². The van der Waals surface area contributed by atoms with E-state index in [1.165, 1.54) is 0 Å². The Morgan fingerprint density at radius 2 is 2.15 bits per heavy atom. The third kappa shape index (κ3) is 5.10. The van der Waals surface area contributed by atoms with Gasteiger partial charge < -0.3 is 10.2 Å². The van der Waals surface area contributed by atoms with Gasteiger partial charge in [0.15, 0.2) is 0 Å². The van der Waals surface area contributed by atoms with Crippen LogP contribution in [0.5, 0.6) is 0 Å². The number of amides is 1. The second kappa shape index (κ2) is 8.22. The minimum absolute atomic E-state index is 0.0958. The fraction of sp³-hybridized carbons (Fsp3) is 0.600. The van der Waals surface area contributed by atoms with E-state index < -0.39 is 0 Å². The summed E-state index contributed by atoms with van der Waals surface area (Å²) in [5.41, 5.74) is 1.41. The molecule has 0 spiro atoms. The van der Waals surface area contributed by atoms with Gasteiger partial charge in [-0.15, -0.1) is 0 Å². The average molecular weight is 298 g/mol. The number of pyridine rings is 1. The summed E-state index contributed by atoms with van der Waals surface area (Å²) < 4.78 is 0. The lowest BCUT2D eigenvalue weighted by Gasteiger charge is -2.23. The van der Waals surface area contributed by atoms with Crippen LogP contribution in [0.25, 0.3) is 0 Å². The van der Waals surface area contributed by atoms with E-state index in [-0.39, 0.29) is 5.91 Å². The van der Waals surface area contributed by atoms with Crippen molar-refractivity contribution in [1.82, 2.24) is 15.2 Å². The van der Waals surface area contributed by atoms with Crippen LogP contribution in [-0.2, 0) is 6.42 Å². The summed E-state index contributed by atoms with van der Waals surface area (Å²) in [4.78, 5) is 18.5. The number of aromatic nitrogens is 1. The minimum atomic E-state index is -0.0958. The average Bonchev–Trinajstić information content (AvgIpc) is 2.45. The predicted molar refractivity (Wildman–Crippen MR) is 83.3 cm³/mol. The Morgan fingerprint density at radius 3 is 2.75 bits per heavy atom. The van der Waals surface area contributed by atoms with E-state index in [1.807, 2.05) is 6.92 Å². The quantitative estimate of drug-likeness (QED) is 0.787. The first kappa shape index (κ1) is 16.9. The van der Waals surface area contributed by atoms with E-state index in [1.54, 1.807) is 12.1 Å². The zero-order valence-corrected chi connectivity index (χ0v) is 13.5. The zero-order valence-electron chi connectivity index (χ0n) is 12.7. The summed E-state index contributed by atoms with van der Waals surface area (Å²) in [7, 11) is 2.07. The third-order valence-corrected chi connectivity index (χ3v) is 3.76. The van der Waals surface area contributed by atoms with Gasteiger partial charge in [0.05, 0.1) is 0 Å². The van der Waals surface area contributed by atoms with Gasteiger partial charge in [0, 0.05) is 30.4 Å². The highest BCUT2D eigenvalue weighted by Gasteiger charge is 2.10. The van der Waals surface area contributed by atoms with Gasteiger partial charge in [-0.2, -0.15) is 0 Å². The molecule has 1 N–H and O–H groups in total. The molecule has 1 rings (SSSR count). The van der Waals surface area contributed by atoms with E-state index in [2.05, 4.69) is 36.1 Å². The monoisotopic (exact) mass is 297 g/mol. The van der Waals surface area contributed by atoms with Crippen LogP contribution in [0.3, 0.4) is 0 Å². The predicted octanol–water partition coefficient (Wildman–Crippen LogP) is 2.76. The highest BCUT2D eigenvalue weighted by Crippen LogP contribution is 2.11. The molecule has 0 fully saturated rings. The topological polar surface area (TPSA) is 45.2 Å². The molecule has 4 nitrogen and oxygen atoms in total. The summed E-state index contributed by atoms with van der Waals surface area (Å²) >= 11 is 5.92. The lowest BCUT2D eigenvalue weighted by atomic mass is 10.2. The number of aryl methyl sites for hydroxylation is 1. The number of halogens is 1. The molecule has 112 valence electrons. The normalized spacial score (nSPS) is 12.5. The lowest BCUT2D eigenvalue weighted by molar-refractivity contribution is 0.0947. The molecular weight excluding hydrogens is 274 g/mol. The summed E-state index contributed by atoms with van der Waals surface area (Å²) in [5.74, 6) is -0.0958. The van der Waals surface area contributed by atoms with Crippen molar-refractivity contribution in [2.24, 2.45) is 0 Å². The van der Waals surface area contributed by atoms with Gasteiger partial charge in [-0.3, -0.25) is 4.79 Å². The first-order chi connectivity index (χ1) is 9.47. The fourth-order valence-electron chi connectivity index (χ4n) is 1.84. The Labute approximate surface area is 126 Å². The first-order valence-corrected chi connectivity index (χ1v) is 7.50. The van der Waals surface area contributed by atoms with Gasteiger partial charge in [-0.05, 0) is 38.9 Å². The van der Waals surface area contributed by atoms with E-state index >= 15 is 0 Å². The number of hydrogen-bond acceptors (Lipinski definition) is 3. The summed E-state index contributed by atoms with van der Waals surface area (Å²) in [6.45, 7) is 7.78. The smallest absolute Gasteiger partial charge is 0.251 e. The van der Waals surface area contributed by atoms with Gasteiger partial charge >= 0.3 is 0 Å². The zero-order chi connectivity index (χ0) is 15.1. The molecule has 0 saturated heterocycles. The van der Waals surface area contributed by atoms with Gasteiger partial charge in [0.25, 0.3) is 5.91 Å². The van der Waals surface area contributed by atoms with Gasteiger partial charge in [0.1, 0.15) is 5.15 Å². The number of carbonyl (C=O) groups excluding carboxylic acids is 1. The van der Waals surface area contributed by atoms with Crippen LogP contribution >= 0.6 is 11.6 Å². The van der Waals surface area contributed by atoms with Crippen LogP contribution in [0, 0.1) is 0 Å². The highest BCUT2D eigenvalue weighted by molar-refractivity contribution is 6.29. The van der Waals surface area contributed by atoms with Crippen molar-refractivity contribution in [3.63, 3.8) is 0 Å². The molecule has 1 aromatic heterocycles. The molecule has 0 aromatic carbocycles. The maximum atomic E-state index is 12.1. The molecule has 0 bridgehead atoms. The maximum absolute atomic E-state index is 12.1. The second-order valence-corrected chi connectivity index (χ2v) is 5.40. The molecule has 20 heavy (non-hydrogen) atoms. The summed E-state index contributed by atoms with van der Waals surface area (Å²) in [6.07, 6.45) is 1.86. The minimum Gasteiger partial charge on any atom is -0.351 e. The first-order valence-electron chi connectivity index (χ1n) is 7.12. The molecule has 0 aliphatic heterocycles. The van der Waals surface area contributed by atoms with Gasteiger partial charge in [-0.25, -0.2) is 4.98 Å². The number of nitrogens with one attached hydrogen (secondary N) is 1. The lowest BCUT2D eigenvalue weighted by Crippen LogP contribution is -2.37. The molecule has 0 aliphatic rings. The summed E-state index contributed by atoms with van der Waals surface area (Å²) in [6, 6.07) is 3.92. The molecule has 1 unspecified atom stereocenters. The molecule has 0 saturated carbocycles. The molecule has 0 radical (unpaired) electrons. The van der Waals surface area contributed by atoms with Gasteiger partial charge in [-0.1, -0.05) is 25.4 Å². The van der Waals surface area contributed by atoms with Crippen LogP contribution < -0.4 is 5.32 Å². The Hall–Kier alpha value is -1.13. The molecular formula is C15H24ClN3O. The number of rotatable bonds is 7. The van der Waals surface area contributed by atoms with Crippen molar-refractivity contribution in [2.75, 3.05) is 20.1 Å². The van der Waals surface area contributed by atoms with E-state index in [0.29, 0.717) is 23.3 Å². The highest BCUT2D eigenvalue weighted by atomic mass is 35.5. The largest absolute Gasteiger partial charge is 0.351 e.